The fourth-order valence-corrected chi connectivity index (χ4v) is 3.44. The van der Waals surface area contributed by atoms with Gasteiger partial charge in [0.25, 0.3) is 0 Å². The van der Waals surface area contributed by atoms with Gasteiger partial charge in [-0.25, -0.2) is 13.8 Å². The predicted molar refractivity (Wildman–Crippen MR) is 138 cm³/mol. The SMILES string of the molecule is C1CCOCC1.Cc1cnc2c(-c3ccc(F)cc3F)nccc2n1.I.c1cnn(C2CC2)c1. The van der Waals surface area contributed by atoms with Crippen LogP contribution in [0.15, 0.2) is 55.1 Å². The van der Waals surface area contributed by atoms with Crippen molar-refractivity contribution in [2.45, 2.75) is 45.1 Å². The predicted octanol–water partition coefficient (Wildman–Crippen LogP) is 6.30. The van der Waals surface area contributed by atoms with E-state index in [0.29, 0.717) is 16.7 Å². The number of aromatic nitrogens is 5. The third-order valence-electron chi connectivity index (χ3n) is 5.29. The van der Waals surface area contributed by atoms with Gasteiger partial charge in [-0.3, -0.25) is 14.6 Å². The quantitative estimate of drug-likeness (QED) is 0.261. The summed E-state index contributed by atoms with van der Waals surface area (Å²) in [5.41, 5.74) is 2.48. The molecular weight excluding hydrogens is 551 g/mol. The van der Waals surface area contributed by atoms with Crippen molar-refractivity contribution in [3.05, 3.63) is 72.4 Å². The number of nitrogens with zero attached hydrogens (tertiary/aromatic N) is 5. The van der Waals surface area contributed by atoms with Gasteiger partial charge in [-0.1, -0.05) is 0 Å². The van der Waals surface area contributed by atoms with Crippen molar-refractivity contribution in [3.8, 4) is 11.3 Å². The van der Waals surface area contributed by atoms with Crippen molar-refractivity contribution in [1.82, 2.24) is 24.7 Å². The van der Waals surface area contributed by atoms with Gasteiger partial charge in [0.05, 0.1) is 17.3 Å². The van der Waals surface area contributed by atoms with E-state index in [1.807, 2.05) is 30.1 Å². The molecule has 3 aromatic heterocycles. The first kappa shape index (κ1) is 26.1. The summed E-state index contributed by atoms with van der Waals surface area (Å²) >= 11 is 0. The molecule has 4 heterocycles. The van der Waals surface area contributed by atoms with E-state index in [2.05, 4.69) is 20.1 Å². The molecule has 0 N–H and O–H groups in total. The van der Waals surface area contributed by atoms with Gasteiger partial charge < -0.3 is 4.74 Å². The number of hydrogen-bond acceptors (Lipinski definition) is 5. The van der Waals surface area contributed by atoms with Gasteiger partial charge in [-0.05, 0) is 63.3 Å². The first-order valence-corrected chi connectivity index (χ1v) is 11.2. The monoisotopic (exact) mass is 579 g/mol. The molecule has 0 unspecified atom stereocenters. The minimum atomic E-state index is -0.664. The normalized spacial score (nSPS) is 14.8. The van der Waals surface area contributed by atoms with E-state index >= 15 is 0 Å². The summed E-state index contributed by atoms with van der Waals surface area (Å²) < 4.78 is 33.9. The van der Waals surface area contributed by atoms with E-state index in [9.17, 15) is 8.78 Å². The molecule has 34 heavy (non-hydrogen) atoms. The Morgan fingerprint density at radius 2 is 1.79 bits per heavy atom. The third-order valence-corrected chi connectivity index (χ3v) is 5.29. The summed E-state index contributed by atoms with van der Waals surface area (Å²) in [6, 6.07) is 7.80. The molecule has 0 spiro atoms. The van der Waals surface area contributed by atoms with Crippen molar-refractivity contribution >= 4 is 35.0 Å². The molecule has 0 atom stereocenters. The molecule has 6 nitrogen and oxygen atoms in total. The van der Waals surface area contributed by atoms with Gasteiger partial charge >= 0.3 is 0 Å². The molecule has 1 aromatic carbocycles. The molecule has 6 rings (SSSR count). The van der Waals surface area contributed by atoms with Crippen molar-refractivity contribution in [2.75, 3.05) is 13.2 Å². The summed E-state index contributed by atoms with van der Waals surface area (Å²) in [5, 5.41) is 4.09. The van der Waals surface area contributed by atoms with Crippen LogP contribution in [0.2, 0.25) is 0 Å². The van der Waals surface area contributed by atoms with Gasteiger partial charge in [0.2, 0.25) is 0 Å². The summed E-state index contributed by atoms with van der Waals surface area (Å²) in [6.45, 7) is 3.82. The molecule has 2 fully saturated rings. The summed E-state index contributed by atoms with van der Waals surface area (Å²) in [4.78, 5) is 12.7. The van der Waals surface area contributed by atoms with Crippen LogP contribution in [-0.4, -0.2) is 37.9 Å². The van der Waals surface area contributed by atoms with Crippen LogP contribution in [0.3, 0.4) is 0 Å². The van der Waals surface area contributed by atoms with Crippen LogP contribution >= 0.6 is 24.0 Å². The molecule has 1 aliphatic heterocycles. The van der Waals surface area contributed by atoms with E-state index in [1.54, 1.807) is 12.3 Å². The largest absolute Gasteiger partial charge is 0.381 e. The second-order valence-electron chi connectivity index (χ2n) is 8.05. The Balaban J connectivity index is 0.000000176. The van der Waals surface area contributed by atoms with Crippen molar-refractivity contribution in [2.24, 2.45) is 0 Å². The molecule has 2 aliphatic rings. The number of benzene rings is 1. The molecule has 1 saturated heterocycles. The van der Waals surface area contributed by atoms with Crippen LogP contribution in [-0.2, 0) is 4.74 Å². The highest BCUT2D eigenvalue weighted by Crippen LogP contribution is 2.33. The smallest absolute Gasteiger partial charge is 0.135 e. The lowest BCUT2D eigenvalue weighted by Gasteiger charge is -2.08. The maximum absolute atomic E-state index is 13.8. The summed E-state index contributed by atoms with van der Waals surface area (Å²) in [7, 11) is 0. The molecule has 9 heteroatoms. The molecule has 0 amide bonds. The first-order chi connectivity index (χ1) is 16.1. The highest BCUT2D eigenvalue weighted by molar-refractivity contribution is 14.0. The van der Waals surface area contributed by atoms with Crippen LogP contribution in [0.5, 0.6) is 0 Å². The van der Waals surface area contributed by atoms with Gasteiger partial charge in [0.15, 0.2) is 0 Å². The fraction of sp³-hybridized carbons (Fsp3) is 0.360. The van der Waals surface area contributed by atoms with Gasteiger partial charge in [0, 0.05) is 49.6 Å². The zero-order chi connectivity index (χ0) is 23.0. The number of rotatable bonds is 2. The van der Waals surface area contributed by atoms with E-state index in [-0.39, 0.29) is 29.5 Å². The summed E-state index contributed by atoms with van der Waals surface area (Å²) in [5.74, 6) is -1.29. The fourth-order valence-electron chi connectivity index (χ4n) is 3.44. The third kappa shape index (κ3) is 7.23. The van der Waals surface area contributed by atoms with E-state index in [0.717, 1.165) is 31.0 Å². The van der Waals surface area contributed by atoms with Gasteiger partial charge in [0.1, 0.15) is 22.8 Å². The maximum Gasteiger partial charge on any atom is 0.135 e. The second-order valence-corrected chi connectivity index (χ2v) is 8.05. The van der Waals surface area contributed by atoms with E-state index in [1.165, 1.54) is 50.4 Å². The van der Waals surface area contributed by atoms with Gasteiger partial charge in [-0.2, -0.15) is 5.10 Å². The molecule has 4 aromatic rings. The second kappa shape index (κ2) is 12.8. The number of aryl methyl sites for hydroxylation is 1. The maximum atomic E-state index is 13.8. The Morgan fingerprint density at radius 1 is 1.00 bits per heavy atom. The molecule has 1 aliphatic carbocycles. The number of fused-ring (bicyclic) bond motifs is 1. The average Bonchev–Trinajstić information content (AvgIpc) is 3.54. The Labute approximate surface area is 214 Å². The molecule has 0 bridgehead atoms. The van der Waals surface area contributed by atoms with Crippen LogP contribution in [0, 0.1) is 18.6 Å². The topological polar surface area (TPSA) is 65.7 Å². The number of pyridine rings is 1. The Morgan fingerprint density at radius 3 is 2.38 bits per heavy atom. The van der Waals surface area contributed by atoms with Crippen LogP contribution in [0.1, 0.15) is 43.8 Å². The Hall–Kier alpha value is -2.53. The van der Waals surface area contributed by atoms with Crippen LogP contribution in [0.25, 0.3) is 22.3 Å². The minimum Gasteiger partial charge on any atom is -0.381 e. The van der Waals surface area contributed by atoms with E-state index in [4.69, 9.17) is 4.74 Å². The first-order valence-electron chi connectivity index (χ1n) is 11.2. The van der Waals surface area contributed by atoms with Crippen molar-refractivity contribution in [3.63, 3.8) is 0 Å². The standard InChI is InChI=1S/C14H9F2N3.C6H8N2.C5H10O.HI/c1-8-7-18-14-12(19-8)4-5-17-13(14)10-3-2-9(15)6-11(10)16;1-4-7-8(5-1)6-2-3-6;1-2-4-6-5-3-1;/h2-7H,1H3;1,4-6H,2-3H2;1-5H2;1H. The molecule has 0 radical (unpaired) electrons. The highest BCUT2D eigenvalue weighted by Gasteiger charge is 2.22. The van der Waals surface area contributed by atoms with Gasteiger partial charge in [-0.15, -0.1) is 24.0 Å². The zero-order valence-electron chi connectivity index (χ0n) is 19.0. The lowest BCUT2D eigenvalue weighted by molar-refractivity contribution is 0.0968. The van der Waals surface area contributed by atoms with E-state index < -0.39 is 11.6 Å². The van der Waals surface area contributed by atoms with Crippen molar-refractivity contribution < 1.29 is 13.5 Å². The summed E-state index contributed by atoms with van der Waals surface area (Å²) in [6.07, 6.45) is 13.6. The molecule has 1 saturated carbocycles. The average molecular weight is 579 g/mol. The molecular formula is C25H28F2IN5O. The number of ether oxygens (including phenoxy) is 1. The van der Waals surface area contributed by atoms with Crippen LogP contribution in [0.4, 0.5) is 8.78 Å². The minimum absolute atomic E-state index is 0. The highest BCUT2D eigenvalue weighted by atomic mass is 127. The zero-order valence-corrected chi connectivity index (χ0v) is 21.4. The van der Waals surface area contributed by atoms with Crippen molar-refractivity contribution in [1.29, 1.82) is 0 Å². The Bertz CT molecular complexity index is 1170. The van der Waals surface area contributed by atoms with Crippen LogP contribution < -0.4 is 0 Å². The number of hydrogen-bond donors (Lipinski definition) is 0. The Kier molecular flexibility index (Phi) is 9.82. The number of halogens is 3. The molecule has 180 valence electrons. The lowest BCUT2D eigenvalue weighted by atomic mass is 10.1. The lowest BCUT2D eigenvalue weighted by Crippen LogP contribution is -2.03.